The van der Waals surface area contributed by atoms with E-state index in [4.69, 9.17) is 4.74 Å². The number of nitrogens with zero attached hydrogens (tertiary/aromatic N) is 2. The van der Waals surface area contributed by atoms with Crippen LogP contribution >= 0.6 is 0 Å². The molecule has 0 aliphatic rings. The lowest BCUT2D eigenvalue weighted by Gasteiger charge is -2.10. The van der Waals surface area contributed by atoms with Gasteiger partial charge in [0.05, 0.1) is 30.3 Å². The molecule has 0 atom stereocenters. The number of ether oxygens (including phenoxy) is 1. The largest absolute Gasteiger partial charge is 0.462 e. The number of esters is 1. The molecular formula is C18H22N4O3. The quantitative estimate of drug-likeness (QED) is 0.566. The lowest BCUT2D eigenvalue weighted by molar-refractivity contribution is 0.0527. The second kappa shape index (κ2) is 9.36. The van der Waals surface area contributed by atoms with Crippen molar-refractivity contribution in [3.63, 3.8) is 0 Å². The molecule has 0 bridgehead atoms. The summed E-state index contributed by atoms with van der Waals surface area (Å²) >= 11 is 0. The summed E-state index contributed by atoms with van der Waals surface area (Å²) in [6.45, 7) is 4.73. The number of unbranched alkanes of at least 4 members (excludes halogenated alkanes) is 1. The lowest BCUT2D eigenvalue weighted by atomic mass is 10.2. The second-order valence-corrected chi connectivity index (χ2v) is 5.29. The van der Waals surface area contributed by atoms with Crippen LogP contribution in [0.25, 0.3) is 0 Å². The predicted molar refractivity (Wildman–Crippen MR) is 95.0 cm³/mol. The van der Waals surface area contributed by atoms with Crippen molar-refractivity contribution in [2.24, 2.45) is 0 Å². The zero-order valence-electron chi connectivity index (χ0n) is 14.4. The van der Waals surface area contributed by atoms with Crippen LogP contribution in [0.1, 0.15) is 47.5 Å². The van der Waals surface area contributed by atoms with E-state index in [1.165, 1.54) is 12.4 Å². The molecule has 1 heterocycles. The van der Waals surface area contributed by atoms with Crippen molar-refractivity contribution < 1.29 is 14.3 Å². The normalized spacial score (nSPS) is 10.2. The second-order valence-electron chi connectivity index (χ2n) is 5.29. The van der Waals surface area contributed by atoms with Crippen molar-refractivity contribution in [1.82, 2.24) is 15.3 Å². The molecule has 1 aromatic carbocycles. The van der Waals surface area contributed by atoms with Gasteiger partial charge in [-0.3, -0.25) is 4.79 Å². The molecule has 0 saturated heterocycles. The molecule has 132 valence electrons. The van der Waals surface area contributed by atoms with Crippen LogP contribution in [-0.2, 0) is 4.74 Å². The van der Waals surface area contributed by atoms with Gasteiger partial charge < -0.3 is 15.4 Å². The fourth-order valence-electron chi connectivity index (χ4n) is 2.10. The number of hydrogen-bond donors (Lipinski definition) is 2. The summed E-state index contributed by atoms with van der Waals surface area (Å²) in [5.74, 6) is -0.230. The Morgan fingerprint density at radius 3 is 2.60 bits per heavy atom. The molecule has 2 N–H and O–H groups in total. The van der Waals surface area contributed by atoms with E-state index in [0.717, 1.165) is 12.8 Å². The molecule has 7 nitrogen and oxygen atoms in total. The number of aromatic nitrogens is 2. The molecule has 2 aromatic rings. The number of anilines is 2. The molecule has 0 radical (unpaired) electrons. The van der Waals surface area contributed by atoms with Gasteiger partial charge in [0.1, 0.15) is 11.5 Å². The number of rotatable bonds is 8. The van der Waals surface area contributed by atoms with E-state index in [0.29, 0.717) is 30.2 Å². The van der Waals surface area contributed by atoms with Gasteiger partial charge in [-0.05, 0) is 25.5 Å². The molecule has 0 spiro atoms. The van der Waals surface area contributed by atoms with E-state index in [-0.39, 0.29) is 11.6 Å². The first-order valence-corrected chi connectivity index (χ1v) is 8.29. The van der Waals surface area contributed by atoms with Crippen molar-refractivity contribution in [3.8, 4) is 0 Å². The van der Waals surface area contributed by atoms with Crippen LogP contribution in [0.2, 0.25) is 0 Å². The van der Waals surface area contributed by atoms with E-state index in [9.17, 15) is 9.59 Å². The van der Waals surface area contributed by atoms with Gasteiger partial charge in [-0.1, -0.05) is 25.5 Å². The van der Waals surface area contributed by atoms with Gasteiger partial charge in [0, 0.05) is 6.54 Å². The summed E-state index contributed by atoms with van der Waals surface area (Å²) in [5, 5.41) is 5.81. The maximum Gasteiger partial charge on any atom is 0.340 e. The van der Waals surface area contributed by atoms with Crippen LogP contribution < -0.4 is 10.6 Å². The van der Waals surface area contributed by atoms with Gasteiger partial charge in [-0.2, -0.15) is 0 Å². The zero-order chi connectivity index (χ0) is 18.1. The fourth-order valence-corrected chi connectivity index (χ4v) is 2.10. The minimum atomic E-state index is -0.412. The smallest absolute Gasteiger partial charge is 0.340 e. The van der Waals surface area contributed by atoms with Gasteiger partial charge in [-0.15, -0.1) is 0 Å². The van der Waals surface area contributed by atoms with Crippen molar-refractivity contribution in [3.05, 3.63) is 47.9 Å². The first-order chi connectivity index (χ1) is 12.2. The molecule has 1 aromatic heterocycles. The van der Waals surface area contributed by atoms with Crippen LogP contribution in [0, 0.1) is 0 Å². The number of nitrogens with one attached hydrogen (secondary N) is 2. The first kappa shape index (κ1) is 18.4. The van der Waals surface area contributed by atoms with Crippen molar-refractivity contribution >= 4 is 23.4 Å². The van der Waals surface area contributed by atoms with Gasteiger partial charge in [0.25, 0.3) is 5.91 Å². The molecular weight excluding hydrogens is 320 g/mol. The maximum absolute atomic E-state index is 12.0. The van der Waals surface area contributed by atoms with Gasteiger partial charge in [0.15, 0.2) is 0 Å². The molecule has 2 rings (SSSR count). The third-order valence-electron chi connectivity index (χ3n) is 3.39. The molecule has 25 heavy (non-hydrogen) atoms. The first-order valence-electron chi connectivity index (χ1n) is 8.29. The summed E-state index contributed by atoms with van der Waals surface area (Å²) in [5.41, 5.74) is 1.23. The van der Waals surface area contributed by atoms with E-state index < -0.39 is 5.97 Å². The third-order valence-corrected chi connectivity index (χ3v) is 3.39. The van der Waals surface area contributed by atoms with Crippen LogP contribution in [0.15, 0.2) is 36.7 Å². The Morgan fingerprint density at radius 2 is 1.92 bits per heavy atom. The van der Waals surface area contributed by atoms with Crippen LogP contribution in [0.3, 0.4) is 0 Å². The van der Waals surface area contributed by atoms with Gasteiger partial charge >= 0.3 is 5.97 Å². The zero-order valence-corrected chi connectivity index (χ0v) is 14.4. The van der Waals surface area contributed by atoms with Gasteiger partial charge in [0.2, 0.25) is 0 Å². The Balaban J connectivity index is 2.07. The van der Waals surface area contributed by atoms with Gasteiger partial charge in [-0.25, -0.2) is 14.8 Å². The van der Waals surface area contributed by atoms with Crippen LogP contribution in [0.4, 0.5) is 11.5 Å². The maximum atomic E-state index is 12.0. The SMILES string of the molecule is CCCCNC(=O)c1cnc(Nc2ccccc2C(=O)OCC)cn1. The Labute approximate surface area is 146 Å². The highest BCUT2D eigenvalue weighted by molar-refractivity contribution is 5.96. The van der Waals surface area contributed by atoms with Crippen molar-refractivity contribution in [2.75, 3.05) is 18.5 Å². The Kier molecular flexibility index (Phi) is 6.88. The molecule has 0 aliphatic carbocycles. The number of para-hydroxylation sites is 1. The Bertz CT molecular complexity index is 717. The highest BCUT2D eigenvalue weighted by atomic mass is 16.5. The number of carbonyl (C=O) groups excluding carboxylic acids is 2. The lowest BCUT2D eigenvalue weighted by Crippen LogP contribution is -2.25. The molecule has 0 fully saturated rings. The topological polar surface area (TPSA) is 93.2 Å². The highest BCUT2D eigenvalue weighted by Gasteiger charge is 2.13. The molecule has 0 saturated carbocycles. The van der Waals surface area contributed by atoms with Crippen LogP contribution in [-0.4, -0.2) is 35.0 Å². The average Bonchev–Trinajstić information content (AvgIpc) is 2.63. The molecule has 0 aliphatic heterocycles. The summed E-state index contributed by atoms with van der Waals surface area (Å²) in [7, 11) is 0. The Hall–Kier alpha value is -2.96. The molecule has 0 unspecified atom stereocenters. The van der Waals surface area contributed by atoms with E-state index in [2.05, 4.69) is 27.5 Å². The minimum absolute atomic E-state index is 0.250. The summed E-state index contributed by atoms with van der Waals surface area (Å²) < 4.78 is 5.04. The van der Waals surface area contributed by atoms with E-state index >= 15 is 0 Å². The minimum Gasteiger partial charge on any atom is -0.462 e. The number of hydrogen-bond acceptors (Lipinski definition) is 6. The van der Waals surface area contributed by atoms with Crippen molar-refractivity contribution in [1.29, 1.82) is 0 Å². The van der Waals surface area contributed by atoms with E-state index in [1.54, 1.807) is 31.2 Å². The average molecular weight is 342 g/mol. The fraction of sp³-hybridized carbons (Fsp3) is 0.333. The number of carbonyl (C=O) groups is 2. The standard InChI is InChI=1S/C18H22N4O3/c1-3-5-10-19-17(23)15-11-21-16(12-20-15)22-14-9-7-6-8-13(14)18(24)25-4-2/h6-9,11-12H,3-5,10H2,1-2H3,(H,19,23)(H,21,22). The number of benzene rings is 1. The third kappa shape index (κ3) is 5.27. The molecule has 7 heteroatoms. The summed E-state index contributed by atoms with van der Waals surface area (Å²) in [6, 6.07) is 6.98. The summed E-state index contributed by atoms with van der Waals surface area (Å²) in [4.78, 5) is 32.2. The predicted octanol–water partition coefficient (Wildman–Crippen LogP) is 2.93. The highest BCUT2D eigenvalue weighted by Crippen LogP contribution is 2.20. The van der Waals surface area contributed by atoms with E-state index in [1.807, 2.05) is 0 Å². The van der Waals surface area contributed by atoms with Crippen LogP contribution in [0.5, 0.6) is 0 Å². The number of amides is 1. The Morgan fingerprint density at radius 1 is 1.12 bits per heavy atom. The monoisotopic (exact) mass is 342 g/mol. The van der Waals surface area contributed by atoms with Crippen molar-refractivity contribution in [2.45, 2.75) is 26.7 Å². The summed E-state index contributed by atoms with van der Waals surface area (Å²) in [6.07, 6.45) is 4.78. The molecule has 1 amide bonds.